The molecular weight excluding hydrogens is 318 g/mol. The molecule has 2 aliphatic rings. The molecule has 1 aliphatic heterocycles. The predicted octanol–water partition coefficient (Wildman–Crippen LogP) is 3.62. The SMILES string of the molecule is CC(C)(C)OC(=O)N1CC2C(CCC(=O)OCc3ccccc3)C2C1. The Kier molecular flexibility index (Phi) is 5.02. The standard InChI is InChI=1S/C20H27NO4/c1-20(2,3)25-19(23)21-11-16-15(17(16)12-21)9-10-18(22)24-13-14-7-5-4-6-8-14/h4-8,15-17H,9-13H2,1-3H3. The van der Waals surface area contributed by atoms with Gasteiger partial charge in [0.15, 0.2) is 0 Å². The molecule has 1 aromatic rings. The van der Waals surface area contributed by atoms with E-state index < -0.39 is 5.60 Å². The van der Waals surface area contributed by atoms with Gasteiger partial charge in [0.1, 0.15) is 12.2 Å². The molecule has 1 aliphatic carbocycles. The van der Waals surface area contributed by atoms with Gasteiger partial charge in [-0.05, 0) is 50.5 Å². The van der Waals surface area contributed by atoms with Gasteiger partial charge >= 0.3 is 12.1 Å². The van der Waals surface area contributed by atoms with Crippen molar-refractivity contribution in [3.8, 4) is 0 Å². The summed E-state index contributed by atoms with van der Waals surface area (Å²) in [6, 6.07) is 9.71. The average Bonchev–Trinajstić information content (AvgIpc) is 3.00. The number of hydrogen-bond donors (Lipinski definition) is 0. The van der Waals surface area contributed by atoms with Crippen LogP contribution in [-0.4, -0.2) is 35.7 Å². The molecule has 3 rings (SSSR count). The van der Waals surface area contributed by atoms with E-state index in [0.29, 0.717) is 30.8 Å². The number of esters is 1. The Balaban J connectivity index is 1.33. The molecule has 2 fully saturated rings. The quantitative estimate of drug-likeness (QED) is 0.765. The van der Waals surface area contributed by atoms with Gasteiger partial charge in [0.25, 0.3) is 0 Å². The summed E-state index contributed by atoms with van der Waals surface area (Å²) in [7, 11) is 0. The van der Waals surface area contributed by atoms with Gasteiger partial charge in [0, 0.05) is 19.5 Å². The van der Waals surface area contributed by atoms with E-state index in [-0.39, 0.29) is 12.1 Å². The number of likely N-dealkylation sites (tertiary alicyclic amines) is 1. The lowest BCUT2D eigenvalue weighted by atomic mass is 10.1. The van der Waals surface area contributed by atoms with Crippen molar-refractivity contribution in [1.82, 2.24) is 4.90 Å². The third kappa shape index (κ3) is 4.74. The predicted molar refractivity (Wildman–Crippen MR) is 93.7 cm³/mol. The lowest BCUT2D eigenvalue weighted by molar-refractivity contribution is -0.145. The van der Waals surface area contributed by atoms with E-state index in [4.69, 9.17) is 9.47 Å². The van der Waals surface area contributed by atoms with Crippen molar-refractivity contribution >= 4 is 12.1 Å². The lowest BCUT2D eigenvalue weighted by Gasteiger charge is -2.25. The van der Waals surface area contributed by atoms with Crippen LogP contribution in [0, 0.1) is 17.8 Å². The van der Waals surface area contributed by atoms with Crippen molar-refractivity contribution < 1.29 is 19.1 Å². The van der Waals surface area contributed by atoms with Crippen LogP contribution in [0.3, 0.4) is 0 Å². The second kappa shape index (κ2) is 7.06. The highest BCUT2D eigenvalue weighted by atomic mass is 16.6. The van der Waals surface area contributed by atoms with Crippen LogP contribution in [0.15, 0.2) is 30.3 Å². The first kappa shape index (κ1) is 17.8. The zero-order valence-corrected chi connectivity index (χ0v) is 15.2. The molecule has 0 N–H and O–H groups in total. The van der Waals surface area contributed by atoms with E-state index >= 15 is 0 Å². The van der Waals surface area contributed by atoms with E-state index in [0.717, 1.165) is 25.1 Å². The van der Waals surface area contributed by atoms with Gasteiger partial charge < -0.3 is 14.4 Å². The van der Waals surface area contributed by atoms with E-state index in [1.807, 2.05) is 51.1 Å². The van der Waals surface area contributed by atoms with Crippen LogP contribution in [0.5, 0.6) is 0 Å². The van der Waals surface area contributed by atoms with E-state index in [1.54, 1.807) is 4.90 Å². The van der Waals surface area contributed by atoms with Crippen LogP contribution in [0.2, 0.25) is 0 Å². The number of carbonyl (C=O) groups excluding carboxylic acids is 2. The molecule has 0 radical (unpaired) electrons. The average molecular weight is 345 g/mol. The number of amides is 1. The Hall–Kier alpha value is -2.04. The highest BCUT2D eigenvalue weighted by Gasteiger charge is 2.56. The maximum atomic E-state index is 12.0. The number of piperidine rings is 1. The fourth-order valence-electron chi connectivity index (χ4n) is 3.65. The number of rotatable bonds is 5. The van der Waals surface area contributed by atoms with Crippen LogP contribution in [0.1, 0.15) is 39.2 Å². The molecule has 25 heavy (non-hydrogen) atoms. The summed E-state index contributed by atoms with van der Waals surface area (Å²) in [4.78, 5) is 25.7. The van der Waals surface area contributed by atoms with Crippen molar-refractivity contribution in [2.24, 2.45) is 17.8 Å². The molecule has 2 unspecified atom stereocenters. The van der Waals surface area contributed by atoms with Crippen molar-refractivity contribution in [3.05, 3.63) is 35.9 Å². The van der Waals surface area contributed by atoms with E-state index in [9.17, 15) is 9.59 Å². The van der Waals surface area contributed by atoms with Gasteiger partial charge in [0.05, 0.1) is 0 Å². The fraction of sp³-hybridized carbons (Fsp3) is 0.600. The summed E-state index contributed by atoms with van der Waals surface area (Å²) in [6.45, 7) is 7.49. The number of benzene rings is 1. The molecule has 2 atom stereocenters. The monoisotopic (exact) mass is 345 g/mol. The second-order valence-corrected chi connectivity index (χ2v) is 8.06. The number of carbonyl (C=O) groups is 2. The fourth-order valence-corrected chi connectivity index (χ4v) is 3.65. The normalized spacial score (nSPS) is 24.6. The van der Waals surface area contributed by atoms with Crippen molar-refractivity contribution in [3.63, 3.8) is 0 Å². The first-order valence-corrected chi connectivity index (χ1v) is 9.01. The number of hydrogen-bond acceptors (Lipinski definition) is 4. The van der Waals surface area contributed by atoms with Gasteiger partial charge in [-0.15, -0.1) is 0 Å². The van der Waals surface area contributed by atoms with E-state index in [2.05, 4.69) is 0 Å². The molecule has 1 saturated heterocycles. The minimum atomic E-state index is -0.453. The summed E-state index contributed by atoms with van der Waals surface area (Å²) in [5.74, 6) is 1.45. The molecule has 1 amide bonds. The molecule has 1 heterocycles. The van der Waals surface area contributed by atoms with Crippen LogP contribution in [-0.2, 0) is 20.9 Å². The first-order valence-electron chi connectivity index (χ1n) is 9.01. The molecule has 1 aromatic carbocycles. The Morgan fingerprint density at radius 2 is 1.76 bits per heavy atom. The summed E-state index contributed by atoms with van der Waals surface area (Å²) in [5, 5.41) is 0. The molecule has 136 valence electrons. The third-order valence-corrected chi connectivity index (χ3v) is 4.95. The maximum absolute atomic E-state index is 12.0. The Morgan fingerprint density at radius 1 is 1.12 bits per heavy atom. The van der Waals surface area contributed by atoms with Gasteiger partial charge in [-0.25, -0.2) is 4.79 Å². The summed E-state index contributed by atoms with van der Waals surface area (Å²) in [6.07, 6.45) is 1.09. The molecule has 5 heteroatoms. The number of ether oxygens (including phenoxy) is 2. The molecule has 5 nitrogen and oxygen atoms in total. The highest BCUT2D eigenvalue weighted by Crippen LogP contribution is 2.54. The molecular formula is C20H27NO4. The van der Waals surface area contributed by atoms with Gasteiger partial charge in [-0.3, -0.25) is 4.79 Å². The van der Waals surface area contributed by atoms with E-state index in [1.165, 1.54) is 0 Å². The summed E-state index contributed by atoms with van der Waals surface area (Å²) >= 11 is 0. The number of nitrogens with zero attached hydrogens (tertiary/aromatic N) is 1. The minimum absolute atomic E-state index is 0.141. The number of fused-ring (bicyclic) bond motifs is 1. The Labute approximate surface area is 149 Å². The van der Waals surface area contributed by atoms with Gasteiger partial charge in [-0.2, -0.15) is 0 Å². The third-order valence-electron chi connectivity index (χ3n) is 4.95. The smallest absolute Gasteiger partial charge is 0.410 e. The van der Waals surface area contributed by atoms with Crippen molar-refractivity contribution in [2.45, 2.75) is 45.8 Å². The van der Waals surface area contributed by atoms with Crippen LogP contribution < -0.4 is 0 Å². The summed E-state index contributed by atoms with van der Waals surface area (Å²) < 4.78 is 10.7. The largest absolute Gasteiger partial charge is 0.461 e. The van der Waals surface area contributed by atoms with Crippen LogP contribution >= 0.6 is 0 Å². The van der Waals surface area contributed by atoms with Gasteiger partial charge in [0.2, 0.25) is 0 Å². The molecule has 0 spiro atoms. The van der Waals surface area contributed by atoms with Crippen LogP contribution in [0.25, 0.3) is 0 Å². The Morgan fingerprint density at radius 3 is 2.36 bits per heavy atom. The summed E-state index contributed by atoms with van der Waals surface area (Å²) in [5.41, 5.74) is 0.554. The van der Waals surface area contributed by atoms with Crippen molar-refractivity contribution in [2.75, 3.05) is 13.1 Å². The maximum Gasteiger partial charge on any atom is 0.410 e. The Bertz CT molecular complexity index is 610. The highest BCUT2D eigenvalue weighted by molar-refractivity contribution is 5.70. The zero-order valence-electron chi connectivity index (χ0n) is 15.2. The zero-order chi connectivity index (χ0) is 18.0. The second-order valence-electron chi connectivity index (χ2n) is 8.06. The topological polar surface area (TPSA) is 55.8 Å². The first-order chi connectivity index (χ1) is 11.8. The molecule has 0 aromatic heterocycles. The lowest BCUT2D eigenvalue weighted by Crippen LogP contribution is -2.37. The van der Waals surface area contributed by atoms with Crippen LogP contribution in [0.4, 0.5) is 4.79 Å². The van der Waals surface area contributed by atoms with Gasteiger partial charge in [-0.1, -0.05) is 30.3 Å². The molecule has 1 saturated carbocycles. The van der Waals surface area contributed by atoms with Crippen molar-refractivity contribution in [1.29, 1.82) is 0 Å². The minimum Gasteiger partial charge on any atom is -0.461 e. The molecule has 0 bridgehead atoms.